The van der Waals surface area contributed by atoms with Gasteiger partial charge in [-0.15, -0.1) is 0 Å². The molecule has 1 saturated heterocycles. The average Bonchev–Trinajstić information content (AvgIpc) is 2.83. The number of aromatic nitrogens is 2. The molecule has 0 radical (unpaired) electrons. The molecule has 1 amide bonds. The third-order valence-corrected chi connectivity index (χ3v) is 6.82. The van der Waals surface area contributed by atoms with Gasteiger partial charge in [-0.3, -0.25) is 14.6 Å². The maximum Gasteiger partial charge on any atom is 0.258 e. The van der Waals surface area contributed by atoms with E-state index in [4.69, 9.17) is 4.74 Å². The molecule has 3 heterocycles. The molecule has 0 saturated carbocycles. The van der Waals surface area contributed by atoms with Crippen LogP contribution >= 0.6 is 0 Å². The molecule has 0 aliphatic carbocycles. The number of fused-ring (bicyclic) bond motifs is 1. The summed E-state index contributed by atoms with van der Waals surface area (Å²) >= 11 is 0. The molecule has 34 heavy (non-hydrogen) atoms. The highest BCUT2D eigenvalue weighted by Crippen LogP contribution is 2.39. The lowest BCUT2D eigenvalue weighted by Gasteiger charge is -2.36. The van der Waals surface area contributed by atoms with Crippen molar-refractivity contribution in [2.75, 3.05) is 23.4 Å². The zero-order valence-corrected chi connectivity index (χ0v) is 20.1. The smallest absolute Gasteiger partial charge is 0.258 e. The van der Waals surface area contributed by atoms with Gasteiger partial charge in [0.05, 0.1) is 18.2 Å². The fourth-order valence-electron chi connectivity index (χ4n) is 4.88. The Morgan fingerprint density at radius 2 is 2.00 bits per heavy atom. The Morgan fingerprint density at radius 3 is 2.68 bits per heavy atom. The van der Waals surface area contributed by atoms with Gasteiger partial charge in [0, 0.05) is 18.5 Å². The van der Waals surface area contributed by atoms with Crippen LogP contribution in [0.4, 0.5) is 11.8 Å². The zero-order chi connectivity index (χ0) is 24.2. The molecule has 0 spiro atoms. The Morgan fingerprint density at radius 1 is 1.24 bits per heavy atom. The summed E-state index contributed by atoms with van der Waals surface area (Å²) in [6.07, 6.45) is 5.15. The number of aromatic amines is 1. The number of hydrogen-bond acceptors (Lipinski definition) is 6. The minimum atomic E-state index is -1.02. The van der Waals surface area contributed by atoms with Crippen LogP contribution in [0.5, 0.6) is 5.75 Å². The quantitative estimate of drug-likeness (QED) is 0.637. The molecule has 1 fully saturated rings. The second-order valence-corrected chi connectivity index (χ2v) is 9.58. The van der Waals surface area contributed by atoms with E-state index in [1.54, 1.807) is 0 Å². The van der Waals surface area contributed by atoms with E-state index in [2.05, 4.69) is 47.0 Å². The first-order valence-corrected chi connectivity index (χ1v) is 12.3. The number of piperidine rings is 1. The topological polar surface area (TPSA) is 111 Å². The molecule has 2 aliphatic rings. The number of carbonyl (C=O) groups excluding carboxylic acids is 1. The van der Waals surface area contributed by atoms with Crippen LogP contribution < -0.4 is 20.5 Å². The fraction of sp³-hybridized carbons (Fsp3) is 0.538. The van der Waals surface area contributed by atoms with Crippen LogP contribution in [0.25, 0.3) is 0 Å². The predicted octanol–water partition coefficient (Wildman–Crippen LogP) is 4.19. The van der Waals surface area contributed by atoms with Crippen LogP contribution in [0.3, 0.4) is 0 Å². The van der Waals surface area contributed by atoms with Crippen molar-refractivity contribution in [3.63, 3.8) is 0 Å². The van der Waals surface area contributed by atoms with E-state index in [1.807, 2.05) is 24.3 Å². The molecule has 2 aromatic rings. The standard InChI is InChI=1S/C26H33N5O3/c1-4-18-7-5-6-13-31(18)26-29-23-22(25(33)30-26)21(20(15-27)24(32)28-23)17-8-10-19(11-9-17)34-14-12-16(2)3/h8-11,16,18,20-21H,4-7,12-14H2,1-3H3,(H2,28,29,30,32,33). The van der Waals surface area contributed by atoms with E-state index in [0.29, 0.717) is 35.6 Å². The molecule has 8 nitrogen and oxygen atoms in total. The lowest BCUT2D eigenvalue weighted by Crippen LogP contribution is -2.43. The van der Waals surface area contributed by atoms with E-state index >= 15 is 0 Å². The summed E-state index contributed by atoms with van der Waals surface area (Å²) in [6, 6.07) is 9.70. The molecule has 2 aliphatic heterocycles. The molecular formula is C26H33N5O3. The second-order valence-electron chi connectivity index (χ2n) is 9.58. The largest absolute Gasteiger partial charge is 0.494 e. The molecule has 3 atom stereocenters. The van der Waals surface area contributed by atoms with Crippen LogP contribution in [0.15, 0.2) is 29.1 Å². The highest BCUT2D eigenvalue weighted by Gasteiger charge is 2.40. The molecule has 3 unspecified atom stereocenters. The average molecular weight is 464 g/mol. The lowest BCUT2D eigenvalue weighted by atomic mass is 9.79. The van der Waals surface area contributed by atoms with Gasteiger partial charge in [0.25, 0.3) is 5.56 Å². The molecule has 1 aromatic heterocycles. The Labute approximate surface area is 200 Å². The first-order chi connectivity index (χ1) is 16.4. The van der Waals surface area contributed by atoms with Crippen LogP contribution in [-0.4, -0.2) is 35.1 Å². The normalized spacial score (nSPS) is 22.1. The van der Waals surface area contributed by atoms with E-state index in [1.165, 1.54) is 0 Å². The Kier molecular flexibility index (Phi) is 7.20. The van der Waals surface area contributed by atoms with Crippen molar-refractivity contribution >= 4 is 17.7 Å². The summed E-state index contributed by atoms with van der Waals surface area (Å²) < 4.78 is 5.80. The van der Waals surface area contributed by atoms with Gasteiger partial charge in [-0.2, -0.15) is 10.2 Å². The zero-order valence-electron chi connectivity index (χ0n) is 20.1. The number of hydrogen-bond donors (Lipinski definition) is 2. The van der Waals surface area contributed by atoms with Crippen molar-refractivity contribution < 1.29 is 9.53 Å². The number of nitrogens with one attached hydrogen (secondary N) is 2. The molecule has 1 aromatic carbocycles. The van der Waals surface area contributed by atoms with Crippen molar-refractivity contribution in [3.05, 3.63) is 45.7 Å². The Bertz CT molecular complexity index is 1120. The monoisotopic (exact) mass is 463 g/mol. The van der Waals surface area contributed by atoms with E-state index in [0.717, 1.165) is 44.4 Å². The van der Waals surface area contributed by atoms with Crippen LogP contribution in [0.1, 0.15) is 69.9 Å². The number of H-pyrrole nitrogens is 1. The Balaban J connectivity index is 1.68. The van der Waals surface area contributed by atoms with E-state index in [-0.39, 0.29) is 11.4 Å². The molecule has 2 N–H and O–H groups in total. The van der Waals surface area contributed by atoms with Gasteiger partial charge in [0.1, 0.15) is 17.5 Å². The van der Waals surface area contributed by atoms with Gasteiger partial charge in [-0.1, -0.05) is 32.9 Å². The number of nitriles is 1. The third-order valence-electron chi connectivity index (χ3n) is 6.82. The number of benzene rings is 1. The first kappa shape index (κ1) is 23.8. The maximum absolute atomic E-state index is 13.3. The highest BCUT2D eigenvalue weighted by atomic mass is 16.5. The molecule has 0 bridgehead atoms. The van der Waals surface area contributed by atoms with Crippen molar-refractivity contribution in [1.82, 2.24) is 9.97 Å². The van der Waals surface area contributed by atoms with Crippen LogP contribution in [0.2, 0.25) is 0 Å². The van der Waals surface area contributed by atoms with Gasteiger partial charge in [0.2, 0.25) is 11.9 Å². The summed E-state index contributed by atoms with van der Waals surface area (Å²) in [5.74, 6) is -0.158. The molecule has 180 valence electrons. The van der Waals surface area contributed by atoms with E-state index < -0.39 is 17.7 Å². The summed E-state index contributed by atoms with van der Waals surface area (Å²) in [6.45, 7) is 7.85. The van der Waals surface area contributed by atoms with Gasteiger partial charge in [-0.05, 0) is 55.7 Å². The summed E-state index contributed by atoms with van der Waals surface area (Å²) in [5, 5.41) is 12.5. The number of carbonyl (C=O) groups is 1. The van der Waals surface area contributed by atoms with Crippen LogP contribution in [0, 0.1) is 23.2 Å². The number of amides is 1. The summed E-state index contributed by atoms with van der Waals surface area (Å²) in [5.41, 5.74) is 0.722. The van der Waals surface area contributed by atoms with Crippen LogP contribution in [-0.2, 0) is 4.79 Å². The van der Waals surface area contributed by atoms with E-state index in [9.17, 15) is 14.9 Å². The minimum absolute atomic E-state index is 0.248. The molecule has 4 rings (SSSR count). The highest BCUT2D eigenvalue weighted by molar-refractivity contribution is 5.98. The van der Waals surface area contributed by atoms with Gasteiger partial charge < -0.3 is 15.0 Å². The number of anilines is 2. The first-order valence-electron chi connectivity index (χ1n) is 12.3. The van der Waals surface area contributed by atoms with Gasteiger partial charge >= 0.3 is 0 Å². The molecule has 8 heteroatoms. The van der Waals surface area contributed by atoms with Gasteiger partial charge in [0.15, 0.2) is 0 Å². The van der Waals surface area contributed by atoms with Crippen molar-refractivity contribution in [2.24, 2.45) is 11.8 Å². The number of nitrogens with zero attached hydrogens (tertiary/aromatic N) is 3. The summed E-state index contributed by atoms with van der Waals surface area (Å²) in [4.78, 5) is 35.9. The van der Waals surface area contributed by atoms with Crippen molar-refractivity contribution in [3.8, 4) is 11.8 Å². The predicted molar refractivity (Wildman–Crippen MR) is 131 cm³/mol. The molecular weight excluding hydrogens is 430 g/mol. The van der Waals surface area contributed by atoms with Crippen molar-refractivity contribution in [1.29, 1.82) is 5.26 Å². The SMILES string of the molecule is CCC1CCCCN1c1nc2c(c(=O)[nH]1)C(c1ccc(OCCC(C)C)cc1)C(C#N)C(=O)N2. The lowest BCUT2D eigenvalue weighted by molar-refractivity contribution is -0.119. The maximum atomic E-state index is 13.3. The number of rotatable bonds is 7. The van der Waals surface area contributed by atoms with Gasteiger partial charge in [-0.25, -0.2) is 0 Å². The Hall–Kier alpha value is -3.34. The summed E-state index contributed by atoms with van der Waals surface area (Å²) in [7, 11) is 0. The second kappa shape index (κ2) is 10.3. The van der Waals surface area contributed by atoms with Crippen molar-refractivity contribution in [2.45, 2.75) is 64.8 Å². The fourth-order valence-corrected chi connectivity index (χ4v) is 4.88. The third kappa shape index (κ3) is 4.79. The number of ether oxygens (including phenoxy) is 1. The minimum Gasteiger partial charge on any atom is -0.494 e.